The minimum atomic E-state index is 0.682. The maximum absolute atomic E-state index is 3.65. The zero-order valence-corrected chi connectivity index (χ0v) is 10.9. The first-order valence-corrected chi connectivity index (χ1v) is 7.70. The number of rotatable bonds is 5. The van der Waals surface area contributed by atoms with Crippen LogP contribution in [0, 0.1) is 0 Å². The van der Waals surface area contributed by atoms with Crippen molar-refractivity contribution in [1.82, 2.24) is 5.32 Å². The molecule has 3 heteroatoms. The number of thiophene rings is 1. The van der Waals surface area contributed by atoms with E-state index in [2.05, 4.69) is 41.5 Å². The molecule has 0 aliphatic carbocycles. The van der Waals surface area contributed by atoms with Crippen molar-refractivity contribution in [3.05, 3.63) is 22.4 Å². The Morgan fingerprint density at radius 3 is 3.13 bits per heavy atom. The Bertz CT molecular complexity index is 265. The summed E-state index contributed by atoms with van der Waals surface area (Å²) in [5.41, 5.74) is 0. The molecule has 2 heterocycles. The van der Waals surface area contributed by atoms with Crippen LogP contribution in [0.1, 0.15) is 24.6 Å². The largest absolute Gasteiger partial charge is 0.313 e. The van der Waals surface area contributed by atoms with Crippen LogP contribution in [0.5, 0.6) is 0 Å². The third-order valence-electron chi connectivity index (χ3n) is 2.88. The first-order chi connectivity index (χ1) is 7.40. The standard InChI is InChI=1S/C12H19NS2/c1-2-13-11(12-6-4-8-15-12)9-10-5-3-7-14-10/h3,5,7,11-13H,2,4,6,8-9H2,1H3. The zero-order valence-electron chi connectivity index (χ0n) is 9.24. The molecule has 1 nitrogen and oxygen atoms in total. The van der Waals surface area contributed by atoms with Crippen molar-refractivity contribution in [2.75, 3.05) is 12.3 Å². The summed E-state index contributed by atoms with van der Waals surface area (Å²) in [6, 6.07) is 5.10. The molecule has 2 atom stereocenters. The fraction of sp³-hybridized carbons (Fsp3) is 0.667. The highest BCUT2D eigenvalue weighted by Crippen LogP contribution is 2.30. The third kappa shape index (κ3) is 3.23. The Kier molecular flexibility index (Phi) is 4.54. The van der Waals surface area contributed by atoms with Crippen LogP contribution in [0.2, 0.25) is 0 Å². The number of hydrogen-bond acceptors (Lipinski definition) is 3. The van der Waals surface area contributed by atoms with Crippen molar-refractivity contribution >= 4 is 23.1 Å². The predicted octanol–water partition coefficient (Wildman–Crippen LogP) is 3.16. The highest BCUT2D eigenvalue weighted by atomic mass is 32.2. The van der Waals surface area contributed by atoms with Gasteiger partial charge in [0.05, 0.1) is 0 Å². The summed E-state index contributed by atoms with van der Waals surface area (Å²) < 4.78 is 0. The molecule has 1 fully saturated rings. The van der Waals surface area contributed by atoms with E-state index in [1.807, 2.05) is 11.3 Å². The van der Waals surface area contributed by atoms with Crippen molar-refractivity contribution in [2.24, 2.45) is 0 Å². The summed E-state index contributed by atoms with van der Waals surface area (Å²) in [5.74, 6) is 1.36. The van der Waals surface area contributed by atoms with E-state index in [-0.39, 0.29) is 0 Å². The van der Waals surface area contributed by atoms with Crippen LogP contribution in [0.4, 0.5) is 0 Å². The van der Waals surface area contributed by atoms with Crippen LogP contribution < -0.4 is 5.32 Å². The van der Waals surface area contributed by atoms with E-state index >= 15 is 0 Å². The molecule has 1 aliphatic heterocycles. The summed E-state index contributed by atoms with van der Waals surface area (Å²) in [6.45, 7) is 3.30. The minimum absolute atomic E-state index is 0.682. The third-order valence-corrected chi connectivity index (χ3v) is 5.30. The molecule has 2 rings (SSSR count). The molecule has 1 aromatic heterocycles. The molecule has 0 bridgehead atoms. The molecule has 0 amide bonds. The van der Waals surface area contributed by atoms with E-state index in [4.69, 9.17) is 0 Å². The van der Waals surface area contributed by atoms with Crippen molar-refractivity contribution in [1.29, 1.82) is 0 Å². The molecule has 1 saturated heterocycles. The van der Waals surface area contributed by atoms with Crippen molar-refractivity contribution in [3.63, 3.8) is 0 Å². The van der Waals surface area contributed by atoms with Crippen molar-refractivity contribution in [2.45, 2.75) is 37.5 Å². The topological polar surface area (TPSA) is 12.0 Å². The van der Waals surface area contributed by atoms with Gasteiger partial charge in [-0.05, 0) is 43.0 Å². The fourth-order valence-electron chi connectivity index (χ4n) is 2.16. The molecule has 1 N–H and O–H groups in total. The van der Waals surface area contributed by atoms with E-state index in [0.717, 1.165) is 11.8 Å². The highest BCUT2D eigenvalue weighted by molar-refractivity contribution is 8.00. The first-order valence-electron chi connectivity index (χ1n) is 5.77. The second-order valence-electron chi connectivity index (χ2n) is 4.00. The minimum Gasteiger partial charge on any atom is -0.313 e. The van der Waals surface area contributed by atoms with Gasteiger partial charge in [0.1, 0.15) is 0 Å². The first kappa shape index (κ1) is 11.5. The van der Waals surface area contributed by atoms with E-state index in [1.165, 1.54) is 29.9 Å². The number of likely N-dealkylation sites (N-methyl/N-ethyl adjacent to an activating group) is 1. The Labute approximate surface area is 101 Å². The molecule has 0 saturated carbocycles. The van der Waals surface area contributed by atoms with Crippen LogP contribution in [0.3, 0.4) is 0 Å². The van der Waals surface area contributed by atoms with Gasteiger partial charge < -0.3 is 5.32 Å². The smallest absolute Gasteiger partial charge is 0.0234 e. The molecular formula is C12H19NS2. The summed E-state index contributed by atoms with van der Waals surface area (Å²) >= 11 is 4.04. The normalized spacial score (nSPS) is 23.1. The van der Waals surface area contributed by atoms with E-state index in [9.17, 15) is 0 Å². The number of thioether (sulfide) groups is 1. The van der Waals surface area contributed by atoms with Crippen LogP contribution >= 0.6 is 23.1 Å². The Morgan fingerprint density at radius 1 is 1.60 bits per heavy atom. The fourth-order valence-corrected chi connectivity index (χ4v) is 4.32. The Balaban J connectivity index is 1.93. The average Bonchev–Trinajstić information content (AvgIpc) is 2.89. The SMILES string of the molecule is CCNC(Cc1cccs1)C1CCCS1. The number of hydrogen-bond donors (Lipinski definition) is 1. The second kappa shape index (κ2) is 5.92. The lowest BCUT2D eigenvalue weighted by Crippen LogP contribution is -2.38. The van der Waals surface area contributed by atoms with Gasteiger partial charge in [0.25, 0.3) is 0 Å². The zero-order chi connectivity index (χ0) is 10.5. The maximum Gasteiger partial charge on any atom is 0.0234 e. The van der Waals surface area contributed by atoms with Gasteiger partial charge >= 0.3 is 0 Å². The van der Waals surface area contributed by atoms with Crippen molar-refractivity contribution in [3.8, 4) is 0 Å². The Hall–Kier alpha value is 0.01000. The summed E-state index contributed by atoms with van der Waals surface area (Å²) in [5, 5.41) is 6.67. The average molecular weight is 241 g/mol. The molecule has 1 aromatic rings. The van der Waals surface area contributed by atoms with Crippen molar-refractivity contribution < 1.29 is 0 Å². The van der Waals surface area contributed by atoms with E-state index < -0.39 is 0 Å². The van der Waals surface area contributed by atoms with Gasteiger partial charge in [0, 0.05) is 16.2 Å². The monoisotopic (exact) mass is 241 g/mol. The van der Waals surface area contributed by atoms with Crippen LogP contribution in [-0.2, 0) is 6.42 Å². The predicted molar refractivity (Wildman–Crippen MR) is 71.0 cm³/mol. The van der Waals surface area contributed by atoms with Crippen LogP contribution in [0.25, 0.3) is 0 Å². The van der Waals surface area contributed by atoms with E-state index in [0.29, 0.717) is 6.04 Å². The maximum atomic E-state index is 3.65. The Morgan fingerprint density at radius 2 is 2.53 bits per heavy atom. The molecule has 0 aromatic carbocycles. The summed E-state index contributed by atoms with van der Waals surface area (Å²) in [7, 11) is 0. The van der Waals surface area contributed by atoms with Gasteiger partial charge in [-0.15, -0.1) is 11.3 Å². The molecule has 0 radical (unpaired) electrons. The van der Waals surface area contributed by atoms with Crippen LogP contribution in [0.15, 0.2) is 17.5 Å². The lowest BCUT2D eigenvalue weighted by Gasteiger charge is -2.23. The van der Waals surface area contributed by atoms with Gasteiger partial charge in [-0.1, -0.05) is 13.0 Å². The lowest BCUT2D eigenvalue weighted by molar-refractivity contribution is 0.498. The van der Waals surface area contributed by atoms with Gasteiger partial charge in [0.2, 0.25) is 0 Å². The summed E-state index contributed by atoms with van der Waals surface area (Å²) in [4.78, 5) is 1.52. The van der Waals surface area contributed by atoms with Crippen LogP contribution in [-0.4, -0.2) is 23.6 Å². The molecule has 2 unspecified atom stereocenters. The molecule has 84 valence electrons. The molecular weight excluding hydrogens is 222 g/mol. The van der Waals surface area contributed by atoms with Gasteiger partial charge in [-0.3, -0.25) is 0 Å². The lowest BCUT2D eigenvalue weighted by atomic mass is 10.1. The second-order valence-corrected chi connectivity index (χ2v) is 6.38. The number of nitrogens with one attached hydrogen (secondary N) is 1. The van der Waals surface area contributed by atoms with Gasteiger partial charge in [-0.25, -0.2) is 0 Å². The highest BCUT2D eigenvalue weighted by Gasteiger charge is 2.25. The van der Waals surface area contributed by atoms with Gasteiger partial charge in [-0.2, -0.15) is 11.8 Å². The van der Waals surface area contributed by atoms with Gasteiger partial charge in [0.15, 0.2) is 0 Å². The summed E-state index contributed by atoms with van der Waals surface area (Å²) in [6.07, 6.45) is 4.01. The molecule has 0 spiro atoms. The van der Waals surface area contributed by atoms with E-state index in [1.54, 1.807) is 0 Å². The molecule has 1 aliphatic rings. The quantitative estimate of drug-likeness (QED) is 0.850. The molecule has 15 heavy (non-hydrogen) atoms.